The topological polar surface area (TPSA) is 99.1 Å². The van der Waals surface area contributed by atoms with Crippen LogP contribution in [0.4, 0.5) is 0 Å². The molecule has 0 rings (SSSR count). The molecule has 0 atom stereocenters. The summed E-state index contributed by atoms with van der Waals surface area (Å²) in [5.74, 6) is -2.69. The lowest BCUT2D eigenvalue weighted by Gasteiger charge is -1.99. The van der Waals surface area contributed by atoms with E-state index in [1.807, 2.05) is 13.8 Å². The standard InChI is InChI=1S/C6H10O4.C4H10O.C2H4O2/c1-3-9-5(7)6(8)10-4-2;1-3-5-4-2;1-2(3)4/h3-4H2,1-2H3;3-4H2,1-2H3;1H3,(H,3,4). The van der Waals surface area contributed by atoms with Crippen LogP contribution >= 0.6 is 0 Å². The van der Waals surface area contributed by atoms with E-state index in [-0.39, 0.29) is 13.2 Å². The molecule has 0 radical (unpaired) electrons. The Morgan fingerprint density at radius 1 is 0.789 bits per heavy atom. The smallest absolute Gasteiger partial charge is 0.417 e. The molecule has 0 spiro atoms. The first-order chi connectivity index (χ1) is 8.87. The predicted octanol–water partition coefficient (Wildman–Crippen LogP) is 1.25. The molecule has 7 heteroatoms. The van der Waals surface area contributed by atoms with Crippen LogP contribution in [0, 0.1) is 0 Å². The van der Waals surface area contributed by atoms with E-state index in [9.17, 15) is 9.59 Å². The fourth-order valence-electron chi connectivity index (χ4n) is 0.584. The molecule has 0 unspecified atom stereocenters. The number of carbonyl (C=O) groups excluding carboxylic acids is 2. The number of esters is 2. The van der Waals surface area contributed by atoms with E-state index in [4.69, 9.17) is 14.6 Å². The summed E-state index contributed by atoms with van der Waals surface area (Å²) in [5, 5.41) is 7.42. The van der Waals surface area contributed by atoms with Crippen molar-refractivity contribution in [3.63, 3.8) is 0 Å². The summed E-state index contributed by atoms with van der Waals surface area (Å²) in [7, 11) is 0. The molecule has 0 aromatic carbocycles. The molecular formula is C12H24O7. The van der Waals surface area contributed by atoms with Crippen LogP contribution < -0.4 is 0 Å². The number of carboxylic acids is 1. The molecule has 0 aliphatic carbocycles. The van der Waals surface area contributed by atoms with Gasteiger partial charge in [0.05, 0.1) is 13.2 Å². The SMILES string of the molecule is CC(=O)O.CCOC(=O)C(=O)OCC.CCOCC. The lowest BCUT2D eigenvalue weighted by atomic mass is 10.7. The monoisotopic (exact) mass is 280 g/mol. The highest BCUT2D eigenvalue weighted by molar-refractivity contribution is 6.29. The highest BCUT2D eigenvalue weighted by Gasteiger charge is 2.14. The van der Waals surface area contributed by atoms with Gasteiger partial charge < -0.3 is 19.3 Å². The van der Waals surface area contributed by atoms with Gasteiger partial charge in [0.1, 0.15) is 0 Å². The van der Waals surface area contributed by atoms with Crippen LogP contribution in [0.25, 0.3) is 0 Å². The van der Waals surface area contributed by atoms with Crippen molar-refractivity contribution in [1.82, 2.24) is 0 Å². The average Bonchev–Trinajstić information content (AvgIpc) is 2.30. The van der Waals surface area contributed by atoms with Crippen molar-refractivity contribution in [2.24, 2.45) is 0 Å². The molecule has 0 amide bonds. The first-order valence-corrected chi connectivity index (χ1v) is 5.98. The Hall–Kier alpha value is -1.63. The van der Waals surface area contributed by atoms with Gasteiger partial charge in [-0.05, 0) is 27.7 Å². The molecule has 114 valence electrons. The Balaban J connectivity index is -0.000000238. The molecule has 19 heavy (non-hydrogen) atoms. The Kier molecular flexibility index (Phi) is 22.2. The Morgan fingerprint density at radius 3 is 1.16 bits per heavy atom. The molecule has 0 saturated carbocycles. The van der Waals surface area contributed by atoms with Gasteiger partial charge in [0.25, 0.3) is 5.97 Å². The molecule has 0 aromatic heterocycles. The minimum atomic E-state index is -0.927. The van der Waals surface area contributed by atoms with Crippen molar-refractivity contribution < 1.29 is 33.7 Å². The second kappa shape index (κ2) is 18.7. The first kappa shape index (κ1) is 22.5. The van der Waals surface area contributed by atoms with E-state index in [2.05, 4.69) is 9.47 Å². The largest absolute Gasteiger partial charge is 0.481 e. The van der Waals surface area contributed by atoms with Gasteiger partial charge in [0.15, 0.2) is 0 Å². The van der Waals surface area contributed by atoms with Crippen molar-refractivity contribution in [2.45, 2.75) is 34.6 Å². The van der Waals surface area contributed by atoms with Crippen molar-refractivity contribution in [3.8, 4) is 0 Å². The zero-order valence-electron chi connectivity index (χ0n) is 12.2. The zero-order valence-corrected chi connectivity index (χ0v) is 12.2. The summed E-state index contributed by atoms with van der Waals surface area (Å²) < 4.78 is 13.5. The number of carbonyl (C=O) groups is 3. The normalized spacial score (nSPS) is 8.05. The van der Waals surface area contributed by atoms with E-state index in [0.29, 0.717) is 0 Å². The predicted molar refractivity (Wildman–Crippen MR) is 68.7 cm³/mol. The molecular weight excluding hydrogens is 256 g/mol. The summed E-state index contributed by atoms with van der Waals surface area (Å²) in [4.78, 5) is 29.9. The van der Waals surface area contributed by atoms with Crippen molar-refractivity contribution in [3.05, 3.63) is 0 Å². The molecule has 0 fully saturated rings. The summed E-state index contributed by atoms with van der Waals surface area (Å²) in [6.07, 6.45) is 0. The van der Waals surface area contributed by atoms with Crippen LogP contribution in [0.2, 0.25) is 0 Å². The van der Waals surface area contributed by atoms with Gasteiger partial charge in [-0.15, -0.1) is 0 Å². The van der Waals surface area contributed by atoms with Gasteiger partial charge in [-0.3, -0.25) is 4.79 Å². The number of aliphatic carboxylic acids is 1. The third-order valence-corrected chi connectivity index (χ3v) is 1.13. The zero-order chi connectivity index (χ0) is 15.7. The fraction of sp³-hybridized carbons (Fsp3) is 0.750. The maximum atomic E-state index is 10.4. The number of hydrogen-bond acceptors (Lipinski definition) is 6. The molecule has 0 aromatic rings. The van der Waals surface area contributed by atoms with Crippen molar-refractivity contribution in [2.75, 3.05) is 26.4 Å². The molecule has 0 heterocycles. The van der Waals surface area contributed by atoms with Crippen LogP contribution in [-0.4, -0.2) is 49.4 Å². The summed E-state index contributed by atoms with van der Waals surface area (Å²) in [5.41, 5.74) is 0. The second-order valence-electron chi connectivity index (χ2n) is 2.74. The minimum Gasteiger partial charge on any atom is -0.481 e. The highest BCUT2D eigenvalue weighted by Crippen LogP contribution is 1.82. The van der Waals surface area contributed by atoms with Crippen molar-refractivity contribution in [1.29, 1.82) is 0 Å². The summed E-state index contributed by atoms with van der Waals surface area (Å²) in [6, 6.07) is 0. The summed E-state index contributed by atoms with van der Waals surface area (Å²) in [6.45, 7) is 10.4. The van der Waals surface area contributed by atoms with Gasteiger partial charge >= 0.3 is 11.9 Å². The lowest BCUT2D eigenvalue weighted by Crippen LogP contribution is -2.19. The summed E-state index contributed by atoms with van der Waals surface area (Å²) >= 11 is 0. The van der Waals surface area contributed by atoms with Crippen LogP contribution in [0.15, 0.2) is 0 Å². The first-order valence-electron chi connectivity index (χ1n) is 5.98. The molecule has 0 bridgehead atoms. The fourth-order valence-corrected chi connectivity index (χ4v) is 0.584. The van der Waals surface area contributed by atoms with Gasteiger partial charge in [-0.1, -0.05) is 0 Å². The number of hydrogen-bond donors (Lipinski definition) is 1. The average molecular weight is 280 g/mol. The maximum absolute atomic E-state index is 10.4. The van der Waals surface area contributed by atoms with Crippen LogP contribution in [-0.2, 0) is 28.6 Å². The molecule has 0 saturated heterocycles. The third kappa shape index (κ3) is 31.4. The van der Waals surface area contributed by atoms with Crippen LogP contribution in [0.1, 0.15) is 34.6 Å². The molecule has 0 aliphatic heterocycles. The van der Waals surface area contributed by atoms with Gasteiger partial charge in [0.2, 0.25) is 0 Å². The van der Waals surface area contributed by atoms with E-state index >= 15 is 0 Å². The highest BCUT2D eigenvalue weighted by atomic mass is 16.6. The van der Waals surface area contributed by atoms with Gasteiger partial charge in [-0.2, -0.15) is 0 Å². The number of rotatable bonds is 4. The third-order valence-electron chi connectivity index (χ3n) is 1.13. The lowest BCUT2D eigenvalue weighted by molar-refractivity contribution is -0.167. The molecule has 1 N–H and O–H groups in total. The van der Waals surface area contributed by atoms with E-state index in [1.165, 1.54) is 0 Å². The van der Waals surface area contributed by atoms with E-state index in [1.54, 1.807) is 13.8 Å². The molecule has 7 nitrogen and oxygen atoms in total. The second-order valence-corrected chi connectivity index (χ2v) is 2.74. The molecule has 0 aliphatic rings. The maximum Gasteiger partial charge on any atom is 0.417 e. The van der Waals surface area contributed by atoms with Gasteiger partial charge in [0, 0.05) is 20.1 Å². The Bertz CT molecular complexity index is 216. The van der Waals surface area contributed by atoms with Crippen LogP contribution in [0.5, 0.6) is 0 Å². The van der Waals surface area contributed by atoms with Gasteiger partial charge in [-0.25, -0.2) is 9.59 Å². The Labute approximate surface area is 113 Å². The van der Waals surface area contributed by atoms with E-state index in [0.717, 1.165) is 20.1 Å². The minimum absolute atomic E-state index is 0.192. The number of ether oxygens (including phenoxy) is 3. The van der Waals surface area contributed by atoms with E-state index < -0.39 is 17.9 Å². The van der Waals surface area contributed by atoms with Crippen LogP contribution in [0.3, 0.4) is 0 Å². The number of carboxylic acid groups (broad SMARTS) is 1. The Morgan fingerprint density at radius 2 is 1.05 bits per heavy atom. The quantitative estimate of drug-likeness (QED) is 0.611. The van der Waals surface area contributed by atoms with Crippen molar-refractivity contribution >= 4 is 17.9 Å².